The van der Waals surface area contributed by atoms with E-state index in [-0.39, 0.29) is 11.6 Å². The monoisotopic (exact) mass is 200 g/mol. The van der Waals surface area contributed by atoms with E-state index in [0.717, 1.165) is 0 Å². The lowest BCUT2D eigenvalue weighted by Crippen LogP contribution is -2.07. The molecule has 1 aromatic heterocycles. The summed E-state index contributed by atoms with van der Waals surface area (Å²) in [6.07, 6.45) is 0.642. The van der Waals surface area contributed by atoms with E-state index in [0.29, 0.717) is 25.3 Å². The number of ether oxygens (including phenoxy) is 1. The van der Waals surface area contributed by atoms with Crippen LogP contribution in [0.25, 0.3) is 0 Å². The third-order valence-electron chi connectivity index (χ3n) is 1.65. The highest BCUT2D eigenvalue weighted by atomic mass is 16.6. The van der Waals surface area contributed by atoms with Gasteiger partial charge in [0.2, 0.25) is 0 Å². The van der Waals surface area contributed by atoms with Gasteiger partial charge in [-0.3, -0.25) is 15.2 Å². The largest absolute Gasteiger partial charge is 0.472 e. The fourth-order valence-corrected chi connectivity index (χ4v) is 0.969. The Labute approximate surface area is 80.4 Å². The van der Waals surface area contributed by atoms with Crippen molar-refractivity contribution in [1.82, 2.24) is 10.2 Å². The highest BCUT2D eigenvalue weighted by molar-refractivity contribution is 5.44. The fourth-order valence-electron chi connectivity index (χ4n) is 0.969. The van der Waals surface area contributed by atoms with Crippen molar-refractivity contribution in [3.63, 3.8) is 0 Å². The van der Waals surface area contributed by atoms with Crippen LogP contribution in [0.5, 0.6) is 5.88 Å². The highest BCUT2D eigenvalue weighted by Gasteiger charge is 2.22. The molecule has 7 nitrogen and oxygen atoms in total. The SMILES string of the molecule is Cc1[nH]nc(OCCCN)c1[N+](=O)[O-]. The van der Waals surface area contributed by atoms with Crippen LogP contribution in [-0.2, 0) is 0 Å². The molecule has 0 spiro atoms. The van der Waals surface area contributed by atoms with Crippen LogP contribution in [-0.4, -0.2) is 28.3 Å². The molecule has 1 rings (SSSR count). The second kappa shape index (κ2) is 4.56. The highest BCUT2D eigenvalue weighted by Crippen LogP contribution is 2.26. The number of aryl methyl sites for hydroxylation is 1. The molecule has 7 heteroatoms. The first-order chi connectivity index (χ1) is 6.66. The van der Waals surface area contributed by atoms with Gasteiger partial charge in [0.25, 0.3) is 0 Å². The Kier molecular flexibility index (Phi) is 3.41. The molecule has 0 unspecified atom stereocenters. The van der Waals surface area contributed by atoms with E-state index in [2.05, 4.69) is 10.2 Å². The fraction of sp³-hybridized carbons (Fsp3) is 0.571. The number of H-pyrrole nitrogens is 1. The van der Waals surface area contributed by atoms with Crippen LogP contribution < -0.4 is 10.5 Å². The van der Waals surface area contributed by atoms with Crippen LogP contribution in [0.2, 0.25) is 0 Å². The third kappa shape index (κ3) is 2.19. The van der Waals surface area contributed by atoms with E-state index in [9.17, 15) is 10.1 Å². The lowest BCUT2D eigenvalue weighted by atomic mass is 10.4. The van der Waals surface area contributed by atoms with Gasteiger partial charge in [-0.15, -0.1) is 5.10 Å². The Bertz CT molecular complexity index is 323. The van der Waals surface area contributed by atoms with Crippen molar-refractivity contribution in [3.8, 4) is 5.88 Å². The molecule has 0 radical (unpaired) electrons. The molecule has 0 fully saturated rings. The van der Waals surface area contributed by atoms with Crippen LogP contribution in [0.1, 0.15) is 12.1 Å². The minimum atomic E-state index is -0.517. The molecule has 0 atom stereocenters. The molecular weight excluding hydrogens is 188 g/mol. The first-order valence-corrected chi connectivity index (χ1v) is 4.19. The van der Waals surface area contributed by atoms with Gasteiger partial charge in [0.05, 0.1) is 11.5 Å². The van der Waals surface area contributed by atoms with Crippen molar-refractivity contribution in [2.24, 2.45) is 5.73 Å². The smallest absolute Gasteiger partial charge is 0.352 e. The third-order valence-corrected chi connectivity index (χ3v) is 1.65. The minimum absolute atomic E-state index is 0.0287. The number of nitrogens with one attached hydrogen (secondary N) is 1. The first-order valence-electron chi connectivity index (χ1n) is 4.19. The van der Waals surface area contributed by atoms with E-state index >= 15 is 0 Å². The summed E-state index contributed by atoms with van der Waals surface area (Å²) >= 11 is 0. The summed E-state index contributed by atoms with van der Waals surface area (Å²) in [5.41, 5.74) is 5.53. The molecule has 0 aromatic carbocycles. The van der Waals surface area contributed by atoms with E-state index in [1.807, 2.05) is 0 Å². The average Bonchev–Trinajstić information content (AvgIpc) is 2.47. The van der Waals surface area contributed by atoms with E-state index in [1.165, 1.54) is 0 Å². The number of nitrogens with zero attached hydrogens (tertiary/aromatic N) is 2. The maximum absolute atomic E-state index is 10.6. The predicted octanol–water partition coefficient (Wildman–Crippen LogP) is 0.354. The van der Waals surface area contributed by atoms with Crippen molar-refractivity contribution >= 4 is 5.69 Å². The molecule has 0 saturated heterocycles. The molecule has 1 heterocycles. The first kappa shape index (κ1) is 10.5. The summed E-state index contributed by atoms with van der Waals surface area (Å²) in [5.74, 6) is 0.0287. The average molecular weight is 200 g/mol. The Hall–Kier alpha value is -1.63. The van der Waals surface area contributed by atoms with Gasteiger partial charge in [-0.25, -0.2) is 0 Å². The molecule has 14 heavy (non-hydrogen) atoms. The maximum atomic E-state index is 10.6. The maximum Gasteiger partial charge on any atom is 0.352 e. The zero-order chi connectivity index (χ0) is 10.6. The minimum Gasteiger partial charge on any atom is -0.472 e. The summed E-state index contributed by atoms with van der Waals surface area (Å²) in [6.45, 7) is 2.39. The lowest BCUT2D eigenvalue weighted by Gasteiger charge is -1.99. The molecule has 3 N–H and O–H groups in total. The van der Waals surface area contributed by atoms with E-state index in [1.54, 1.807) is 6.92 Å². The number of hydrogen-bond acceptors (Lipinski definition) is 5. The molecule has 0 aliphatic heterocycles. The standard InChI is InChI=1S/C7H12N4O3/c1-5-6(11(12)13)7(10-9-5)14-4-2-3-8/h2-4,8H2,1H3,(H,9,10). The van der Waals surface area contributed by atoms with Crippen LogP contribution in [0.3, 0.4) is 0 Å². The number of aromatic amines is 1. The number of hydrogen-bond donors (Lipinski definition) is 2. The van der Waals surface area contributed by atoms with Gasteiger partial charge < -0.3 is 10.5 Å². The number of aromatic nitrogens is 2. The molecule has 0 aliphatic rings. The predicted molar refractivity (Wildman–Crippen MR) is 49.1 cm³/mol. The molecule has 0 saturated carbocycles. The number of rotatable bonds is 5. The van der Waals surface area contributed by atoms with Crippen LogP contribution >= 0.6 is 0 Å². The molecule has 0 amide bonds. The summed E-state index contributed by atoms with van der Waals surface area (Å²) in [6, 6.07) is 0. The van der Waals surface area contributed by atoms with Crippen molar-refractivity contribution in [1.29, 1.82) is 0 Å². The van der Waals surface area contributed by atoms with E-state index < -0.39 is 4.92 Å². The second-order valence-electron chi connectivity index (χ2n) is 2.75. The van der Waals surface area contributed by atoms with Crippen molar-refractivity contribution in [3.05, 3.63) is 15.8 Å². The van der Waals surface area contributed by atoms with Gasteiger partial charge in [-0.05, 0) is 19.9 Å². The summed E-state index contributed by atoms with van der Waals surface area (Å²) in [7, 11) is 0. The van der Waals surface area contributed by atoms with Gasteiger partial charge in [-0.2, -0.15) is 0 Å². The molecule has 1 aromatic rings. The summed E-state index contributed by atoms with van der Waals surface area (Å²) in [5, 5.41) is 16.8. The summed E-state index contributed by atoms with van der Waals surface area (Å²) in [4.78, 5) is 10.1. The Morgan fingerprint density at radius 3 is 3.00 bits per heavy atom. The van der Waals surface area contributed by atoms with Crippen molar-refractivity contribution in [2.75, 3.05) is 13.2 Å². The van der Waals surface area contributed by atoms with Gasteiger partial charge in [0.15, 0.2) is 0 Å². The van der Waals surface area contributed by atoms with E-state index in [4.69, 9.17) is 10.5 Å². The summed E-state index contributed by atoms with van der Waals surface area (Å²) < 4.78 is 5.10. The molecular formula is C7H12N4O3. The topological polar surface area (TPSA) is 107 Å². The van der Waals surface area contributed by atoms with Crippen molar-refractivity contribution in [2.45, 2.75) is 13.3 Å². The number of nitrogens with two attached hydrogens (primary N) is 1. The number of nitro groups is 1. The molecule has 0 aliphatic carbocycles. The van der Waals surface area contributed by atoms with Crippen LogP contribution in [0, 0.1) is 17.0 Å². The Morgan fingerprint density at radius 1 is 1.71 bits per heavy atom. The quantitative estimate of drug-likeness (QED) is 0.405. The van der Waals surface area contributed by atoms with Gasteiger partial charge in [0, 0.05) is 0 Å². The Balaban J connectivity index is 2.71. The Morgan fingerprint density at radius 2 is 2.43 bits per heavy atom. The zero-order valence-corrected chi connectivity index (χ0v) is 7.82. The zero-order valence-electron chi connectivity index (χ0n) is 7.82. The second-order valence-corrected chi connectivity index (χ2v) is 2.75. The van der Waals surface area contributed by atoms with Crippen LogP contribution in [0.4, 0.5) is 5.69 Å². The van der Waals surface area contributed by atoms with Gasteiger partial charge >= 0.3 is 11.6 Å². The lowest BCUT2D eigenvalue weighted by molar-refractivity contribution is -0.386. The molecule has 78 valence electrons. The van der Waals surface area contributed by atoms with Gasteiger partial charge in [-0.1, -0.05) is 0 Å². The normalized spacial score (nSPS) is 10.1. The van der Waals surface area contributed by atoms with Gasteiger partial charge in [0.1, 0.15) is 5.69 Å². The molecule has 0 bridgehead atoms. The van der Waals surface area contributed by atoms with Crippen LogP contribution in [0.15, 0.2) is 0 Å². The van der Waals surface area contributed by atoms with Crippen molar-refractivity contribution < 1.29 is 9.66 Å².